The number of aliphatic hydroxyl groups is 1. The molecule has 0 saturated carbocycles. The number of anilines is 2. The lowest BCUT2D eigenvalue weighted by Gasteiger charge is -2.35. The molecule has 0 aliphatic heterocycles. The molecule has 1 aromatic heterocycles. The van der Waals surface area contributed by atoms with Crippen LogP contribution in [0, 0.1) is 0 Å². The molecule has 1 unspecified atom stereocenters. The van der Waals surface area contributed by atoms with Gasteiger partial charge in [0, 0.05) is 5.57 Å². The van der Waals surface area contributed by atoms with Crippen molar-refractivity contribution in [1.82, 2.24) is 15.0 Å². The summed E-state index contributed by atoms with van der Waals surface area (Å²) < 4.78 is 91.8. The van der Waals surface area contributed by atoms with E-state index in [-0.39, 0.29) is 12.0 Å². The molecule has 3 N–H and O–H groups in total. The van der Waals surface area contributed by atoms with E-state index < -0.39 is 59.3 Å². The van der Waals surface area contributed by atoms with Crippen LogP contribution in [-0.2, 0) is 0 Å². The zero-order chi connectivity index (χ0) is 23.1. The number of nitrogens with zero attached hydrogens (tertiary/aromatic N) is 3. The average Bonchev–Trinajstić information content (AvgIpc) is 2.58. The molecule has 0 aromatic carbocycles. The van der Waals surface area contributed by atoms with Gasteiger partial charge in [-0.25, -0.2) is 4.39 Å². The van der Waals surface area contributed by atoms with Gasteiger partial charge in [0.2, 0.25) is 11.9 Å². The zero-order valence-electron chi connectivity index (χ0n) is 16.6. The summed E-state index contributed by atoms with van der Waals surface area (Å²) >= 11 is 0. The van der Waals surface area contributed by atoms with Crippen molar-refractivity contribution < 1.29 is 35.8 Å². The number of alkyl halides is 6. The fourth-order valence-corrected chi connectivity index (χ4v) is 2.62. The summed E-state index contributed by atoms with van der Waals surface area (Å²) in [5.41, 5.74) is -0.199. The fourth-order valence-electron chi connectivity index (χ4n) is 2.62. The summed E-state index contributed by atoms with van der Waals surface area (Å²) in [7, 11) is 3.24. The molecule has 15 heteroatoms. The second-order valence-electron chi connectivity index (χ2n) is 7.84. The van der Waals surface area contributed by atoms with Crippen molar-refractivity contribution in [3.8, 4) is 0 Å². The van der Waals surface area contributed by atoms with Crippen molar-refractivity contribution in [2.24, 2.45) is 0 Å². The number of aliphatic hydroxyl groups excluding tert-OH is 1. The topological polar surface area (TPSA) is 83.0 Å². The normalized spacial score (nSPS) is 21.9. The largest absolute Gasteiger partial charge is 0.408 e. The van der Waals surface area contributed by atoms with Gasteiger partial charge in [-0.2, -0.15) is 41.3 Å². The van der Waals surface area contributed by atoms with E-state index in [1.807, 2.05) is 10.6 Å². The van der Waals surface area contributed by atoms with Crippen molar-refractivity contribution in [2.75, 3.05) is 10.6 Å². The minimum atomic E-state index is -4.69. The Morgan fingerprint density at radius 1 is 0.967 bits per heavy atom. The van der Waals surface area contributed by atoms with Gasteiger partial charge in [-0.15, -0.1) is 0 Å². The number of allylic oxidation sites excluding steroid dienone is 1. The molecule has 6 nitrogen and oxygen atoms in total. The van der Waals surface area contributed by atoms with Crippen LogP contribution >= 0.6 is 0 Å². The van der Waals surface area contributed by atoms with Gasteiger partial charge in [0.15, 0.2) is 5.82 Å². The first-order valence-corrected chi connectivity index (χ1v) is 9.02. The van der Waals surface area contributed by atoms with E-state index in [0.717, 1.165) is 13.8 Å². The lowest BCUT2D eigenvalue weighted by Crippen LogP contribution is -2.36. The third-order valence-corrected chi connectivity index (χ3v) is 4.87. The predicted molar refractivity (Wildman–Crippen MR) is 101 cm³/mol. The summed E-state index contributed by atoms with van der Waals surface area (Å²) in [5, 5.41) is 13.2. The van der Waals surface area contributed by atoms with Crippen LogP contribution in [0.4, 0.5) is 42.6 Å². The van der Waals surface area contributed by atoms with E-state index in [2.05, 4.69) is 15.0 Å². The number of aromatic nitrogens is 3. The monoisotopic (exact) mass is 441 g/mol. The lowest BCUT2D eigenvalue weighted by atomic mass is 9.47. The summed E-state index contributed by atoms with van der Waals surface area (Å²) in [6.07, 6.45) is -10.6. The molecule has 2 rings (SSSR count). The highest BCUT2D eigenvalue weighted by atomic mass is 19.4. The zero-order valence-corrected chi connectivity index (χ0v) is 16.6. The molecule has 0 saturated heterocycles. The van der Waals surface area contributed by atoms with E-state index >= 15 is 0 Å². The number of hydrogen-bond acceptors (Lipinski definition) is 6. The van der Waals surface area contributed by atoms with Gasteiger partial charge in [0.05, 0.1) is 6.10 Å². The Balaban J connectivity index is 2.50. The Kier molecular flexibility index (Phi) is 6.65. The summed E-state index contributed by atoms with van der Waals surface area (Å²) in [6.45, 7) is 1.53. The number of nitrogens with one attached hydrogen (secondary N) is 2. The van der Waals surface area contributed by atoms with Gasteiger partial charge in [-0.3, -0.25) is 0 Å². The van der Waals surface area contributed by atoms with Gasteiger partial charge >= 0.3 is 12.4 Å². The molecule has 0 bridgehead atoms. The first-order valence-electron chi connectivity index (χ1n) is 9.02. The molecule has 3 atom stereocenters. The van der Waals surface area contributed by atoms with Crippen molar-refractivity contribution in [1.29, 1.82) is 0 Å². The lowest BCUT2D eigenvalue weighted by molar-refractivity contribution is -0.139. The summed E-state index contributed by atoms with van der Waals surface area (Å²) in [5.74, 6) is -2.80. The third-order valence-electron chi connectivity index (χ3n) is 4.87. The van der Waals surface area contributed by atoms with Crippen LogP contribution in [0.15, 0.2) is 5.83 Å². The molecular formula is C15H20B2F7N5O. The van der Waals surface area contributed by atoms with Crippen LogP contribution < -0.4 is 10.6 Å². The van der Waals surface area contributed by atoms with Crippen LogP contribution in [-0.4, -0.2) is 66.3 Å². The second-order valence-corrected chi connectivity index (χ2v) is 7.84. The first kappa shape index (κ1) is 24.2. The Labute approximate surface area is 169 Å². The molecular weight excluding hydrogens is 421 g/mol. The molecule has 166 valence electrons. The maximum absolute atomic E-state index is 14.7. The molecule has 1 aromatic rings. The van der Waals surface area contributed by atoms with Gasteiger partial charge in [-0.05, 0) is 20.3 Å². The summed E-state index contributed by atoms with van der Waals surface area (Å²) in [4.78, 5) is 11.1. The number of hydrogen-bond donors (Lipinski definition) is 3. The molecule has 0 amide bonds. The van der Waals surface area contributed by atoms with E-state index in [1.54, 1.807) is 15.7 Å². The SMILES string of the molecule is BC1(B)CCC(c2nc(N[C@@H](C)C(F)(F)F)nc(N[C@@H](C)C(F)(F)F)n2)=C(F)C1O. The Morgan fingerprint density at radius 3 is 1.80 bits per heavy atom. The van der Waals surface area contributed by atoms with Gasteiger partial charge in [-0.1, -0.05) is 11.6 Å². The summed E-state index contributed by atoms with van der Waals surface area (Å²) in [6, 6.07) is -4.26. The van der Waals surface area contributed by atoms with Crippen molar-refractivity contribution in [3.05, 3.63) is 11.7 Å². The molecule has 1 aliphatic carbocycles. The van der Waals surface area contributed by atoms with Crippen LogP contribution in [0.1, 0.15) is 32.5 Å². The fraction of sp³-hybridized carbons (Fsp3) is 0.667. The quantitative estimate of drug-likeness (QED) is 0.478. The van der Waals surface area contributed by atoms with Crippen LogP contribution in [0.25, 0.3) is 5.57 Å². The van der Waals surface area contributed by atoms with Crippen LogP contribution in [0.2, 0.25) is 5.21 Å². The highest BCUT2D eigenvalue weighted by Crippen LogP contribution is 2.43. The van der Waals surface area contributed by atoms with Crippen molar-refractivity contribution >= 4 is 33.2 Å². The van der Waals surface area contributed by atoms with E-state index in [4.69, 9.17) is 0 Å². The average molecular weight is 441 g/mol. The minimum Gasteiger partial charge on any atom is -0.387 e. The van der Waals surface area contributed by atoms with Gasteiger partial charge in [0.25, 0.3) is 0 Å². The Bertz CT molecular complexity index is 775. The molecule has 1 heterocycles. The Morgan fingerprint density at radius 2 is 1.40 bits per heavy atom. The van der Waals surface area contributed by atoms with Gasteiger partial charge < -0.3 is 15.7 Å². The van der Waals surface area contributed by atoms with Crippen molar-refractivity contribution in [2.45, 2.75) is 62.4 Å². The minimum absolute atomic E-state index is 0.0302. The number of halogens is 7. The molecule has 30 heavy (non-hydrogen) atoms. The highest BCUT2D eigenvalue weighted by molar-refractivity contribution is 6.40. The number of rotatable bonds is 5. The van der Waals surface area contributed by atoms with Gasteiger partial charge in [0.1, 0.15) is 33.6 Å². The molecule has 0 spiro atoms. The van der Waals surface area contributed by atoms with Crippen LogP contribution in [0.5, 0.6) is 0 Å². The van der Waals surface area contributed by atoms with Crippen LogP contribution in [0.3, 0.4) is 0 Å². The molecule has 1 aliphatic rings. The molecule has 0 fully saturated rings. The second kappa shape index (κ2) is 8.23. The maximum Gasteiger partial charge on any atom is 0.408 e. The maximum atomic E-state index is 14.7. The first-order chi connectivity index (χ1) is 13.5. The van der Waals surface area contributed by atoms with Crippen molar-refractivity contribution in [3.63, 3.8) is 0 Å². The molecule has 0 radical (unpaired) electrons. The highest BCUT2D eigenvalue weighted by Gasteiger charge is 2.40. The third kappa shape index (κ3) is 5.55. The van der Waals surface area contributed by atoms with E-state index in [9.17, 15) is 35.8 Å². The van der Waals surface area contributed by atoms with E-state index in [1.165, 1.54) is 0 Å². The predicted octanol–water partition coefficient (Wildman–Crippen LogP) is 1.81. The van der Waals surface area contributed by atoms with E-state index in [0.29, 0.717) is 6.42 Å². The smallest absolute Gasteiger partial charge is 0.387 e. The Hall–Kier alpha value is -2.05. The standard InChI is InChI=1S/C15H20B2F7N5O/c1-5(14(19,20)21)25-11-27-10(7-3-4-13(16,17)9(30)8(7)18)28-12(29-11)26-6(2)15(22,23)24/h5-6,9,30H,3-4,16-17H2,1-2H3,(H2,25,26,27,28,29)/t5-,6-,9?/m0/s1.